The number of nitrogens with zero attached hydrogens (tertiary/aromatic N) is 4. The first-order valence-corrected chi connectivity index (χ1v) is 8.82. The van der Waals surface area contributed by atoms with Gasteiger partial charge in [0.15, 0.2) is 5.82 Å². The van der Waals surface area contributed by atoms with Crippen LogP contribution in [0.2, 0.25) is 0 Å². The van der Waals surface area contributed by atoms with Gasteiger partial charge in [-0.1, -0.05) is 11.2 Å². The Morgan fingerprint density at radius 1 is 1.39 bits per heavy atom. The van der Waals surface area contributed by atoms with E-state index in [1.807, 2.05) is 0 Å². The van der Waals surface area contributed by atoms with Crippen LogP contribution in [-0.2, 0) is 9.47 Å². The van der Waals surface area contributed by atoms with Crippen LogP contribution in [0.4, 0.5) is 10.5 Å². The molecule has 0 unspecified atom stereocenters. The molecule has 2 aromatic rings. The number of carbonyl (C=O) groups excluding carboxylic acids is 1. The third-order valence-electron chi connectivity index (χ3n) is 4.15. The number of aromatic nitrogens is 2. The van der Waals surface area contributed by atoms with E-state index >= 15 is 0 Å². The Hall–Kier alpha value is -3.01. The maximum atomic E-state index is 12.5. The quantitative estimate of drug-likeness (QED) is 0.578. The molecule has 1 atom stereocenters. The summed E-state index contributed by atoms with van der Waals surface area (Å²) >= 11 is 0. The van der Waals surface area contributed by atoms with E-state index in [1.165, 1.54) is 11.0 Å². The molecular weight excluding hydrogens is 368 g/mol. The number of hydrogen-bond acceptors (Lipinski definition) is 8. The van der Waals surface area contributed by atoms with Crippen LogP contribution in [0.1, 0.15) is 38.2 Å². The summed E-state index contributed by atoms with van der Waals surface area (Å²) in [4.78, 5) is 29.0. The van der Waals surface area contributed by atoms with Crippen molar-refractivity contribution in [3.8, 4) is 11.5 Å². The van der Waals surface area contributed by atoms with Gasteiger partial charge < -0.3 is 14.0 Å². The number of morpholine rings is 1. The van der Waals surface area contributed by atoms with Gasteiger partial charge in [0.2, 0.25) is 0 Å². The van der Waals surface area contributed by atoms with E-state index in [0.717, 1.165) is 0 Å². The van der Waals surface area contributed by atoms with Crippen LogP contribution in [0.3, 0.4) is 0 Å². The van der Waals surface area contributed by atoms with Crippen LogP contribution >= 0.6 is 0 Å². The highest BCUT2D eigenvalue weighted by Gasteiger charge is 2.35. The van der Waals surface area contributed by atoms with Gasteiger partial charge in [0.05, 0.1) is 18.1 Å². The fourth-order valence-electron chi connectivity index (χ4n) is 2.78. The van der Waals surface area contributed by atoms with Crippen LogP contribution in [0.5, 0.6) is 0 Å². The lowest BCUT2D eigenvalue weighted by Gasteiger charge is -2.34. The summed E-state index contributed by atoms with van der Waals surface area (Å²) in [5.41, 5.74) is 0.291. The van der Waals surface area contributed by atoms with Gasteiger partial charge in [-0.15, -0.1) is 0 Å². The molecule has 0 aliphatic carbocycles. The van der Waals surface area contributed by atoms with E-state index in [1.54, 1.807) is 39.8 Å². The molecule has 1 amide bonds. The smallest absolute Gasteiger partial charge is 0.411 e. The van der Waals surface area contributed by atoms with Crippen molar-refractivity contribution in [2.45, 2.75) is 39.3 Å². The van der Waals surface area contributed by atoms with Crippen molar-refractivity contribution in [2.75, 3.05) is 19.8 Å². The molecule has 150 valence electrons. The number of ether oxygens (including phenoxy) is 2. The Labute approximate surface area is 161 Å². The van der Waals surface area contributed by atoms with Crippen molar-refractivity contribution < 1.29 is 23.7 Å². The van der Waals surface area contributed by atoms with Crippen molar-refractivity contribution in [1.29, 1.82) is 0 Å². The second kappa shape index (κ2) is 7.55. The Bertz CT molecular complexity index is 888. The number of benzene rings is 1. The molecule has 2 heterocycles. The zero-order valence-corrected chi connectivity index (χ0v) is 16.2. The first kappa shape index (κ1) is 19.7. The number of nitro benzene ring substituents is 1. The van der Waals surface area contributed by atoms with E-state index < -0.39 is 22.7 Å². The molecular formula is C18H22N4O6. The molecule has 3 rings (SSSR count). The maximum Gasteiger partial charge on any atom is 0.411 e. The SMILES string of the molecule is Cc1ccc(-c2nc([C@@H]3COCCN3C(=O)OC(C)(C)C)no2)cc1[N+](=O)[O-]. The molecule has 1 aromatic heterocycles. The minimum Gasteiger partial charge on any atom is -0.444 e. The normalized spacial score (nSPS) is 17.4. The molecule has 1 saturated heterocycles. The van der Waals surface area contributed by atoms with Crippen molar-refractivity contribution in [2.24, 2.45) is 0 Å². The van der Waals surface area contributed by atoms with Gasteiger partial charge in [-0.2, -0.15) is 4.98 Å². The summed E-state index contributed by atoms with van der Waals surface area (Å²) < 4.78 is 16.2. The van der Waals surface area contributed by atoms with E-state index in [4.69, 9.17) is 14.0 Å². The molecule has 1 fully saturated rings. The minimum absolute atomic E-state index is 0.0337. The van der Waals surface area contributed by atoms with E-state index in [-0.39, 0.29) is 24.0 Å². The monoisotopic (exact) mass is 390 g/mol. The van der Waals surface area contributed by atoms with E-state index in [9.17, 15) is 14.9 Å². The number of nitro groups is 1. The number of hydrogen-bond donors (Lipinski definition) is 0. The third-order valence-corrected chi connectivity index (χ3v) is 4.15. The Balaban J connectivity index is 1.86. The van der Waals surface area contributed by atoms with Crippen LogP contribution < -0.4 is 0 Å². The van der Waals surface area contributed by atoms with Gasteiger partial charge in [-0.25, -0.2) is 4.79 Å². The number of rotatable bonds is 3. The minimum atomic E-state index is -0.636. The van der Waals surface area contributed by atoms with Gasteiger partial charge >= 0.3 is 6.09 Å². The van der Waals surface area contributed by atoms with Crippen molar-refractivity contribution in [1.82, 2.24) is 15.0 Å². The molecule has 1 aromatic carbocycles. The van der Waals surface area contributed by atoms with Crippen LogP contribution in [0.25, 0.3) is 11.5 Å². The average Bonchev–Trinajstić information content (AvgIpc) is 3.10. The largest absolute Gasteiger partial charge is 0.444 e. The van der Waals surface area contributed by atoms with Gasteiger partial charge in [-0.3, -0.25) is 15.0 Å². The standard InChI is InChI=1S/C18H22N4O6/c1-11-5-6-12(9-13(11)22(24)25)16-19-15(20-28-16)14-10-26-8-7-21(14)17(23)27-18(2,3)4/h5-6,9,14H,7-8,10H2,1-4H3/t14-/m0/s1. The Morgan fingerprint density at radius 2 is 2.14 bits per heavy atom. The average molecular weight is 390 g/mol. The summed E-state index contributed by atoms with van der Waals surface area (Å²) in [6.07, 6.45) is -0.488. The van der Waals surface area contributed by atoms with E-state index in [2.05, 4.69) is 10.1 Å². The summed E-state index contributed by atoms with van der Waals surface area (Å²) in [6.45, 7) is 7.93. The molecule has 1 aliphatic heterocycles. The summed E-state index contributed by atoms with van der Waals surface area (Å²) in [5.74, 6) is 0.386. The van der Waals surface area contributed by atoms with Crippen LogP contribution in [0, 0.1) is 17.0 Å². The molecule has 0 saturated carbocycles. The van der Waals surface area contributed by atoms with Crippen molar-refractivity contribution in [3.05, 3.63) is 39.7 Å². The number of carbonyl (C=O) groups is 1. The van der Waals surface area contributed by atoms with E-state index in [0.29, 0.717) is 24.3 Å². The van der Waals surface area contributed by atoms with Gasteiger partial charge in [-0.05, 0) is 33.8 Å². The summed E-state index contributed by atoms with van der Waals surface area (Å²) in [6, 6.07) is 4.10. The van der Waals surface area contributed by atoms with Crippen LogP contribution in [-0.4, -0.2) is 51.4 Å². The molecule has 0 radical (unpaired) electrons. The fraction of sp³-hybridized carbons (Fsp3) is 0.500. The first-order chi connectivity index (χ1) is 13.2. The molecule has 10 nitrogen and oxygen atoms in total. The Morgan fingerprint density at radius 3 is 2.82 bits per heavy atom. The molecule has 0 N–H and O–H groups in total. The number of amides is 1. The summed E-state index contributed by atoms with van der Waals surface area (Å²) in [7, 11) is 0. The van der Waals surface area contributed by atoms with Crippen molar-refractivity contribution >= 4 is 11.8 Å². The third kappa shape index (κ3) is 4.28. The Kier molecular flexibility index (Phi) is 5.32. The zero-order chi connectivity index (χ0) is 20.5. The predicted molar refractivity (Wildman–Crippen MR) is 97.6 cm³/mol. The molecule has 0 spiro atoms. The second-order valence-electron chi connectivity index (χ2n) is 7.48. The van der Waals surface area contributed by atoms with Gasteiger partial charge in [0.25, 0.3) is 11.6 Å². The molecule has 0 bridgehead atoms. The second-order valence-corrected chi connectivity index (χ2v) is 7.48. The highest BCUT2D eigenvalue weighted by molar-refractivity contribution is 5.69. The lowest BCUT2D eigenvalue weighted by atomic mass is 10.1. The topological polar surface area (TPSA) is 121 Å². The zero-order valence-electron chi connectivity index (χ0n) is 16.2. The lowest BCUT2D eigenvalue weighted by Crippen LogP contribution is -2.46. The number of aryl methyl sites for hydroxylation is 1. The first-order valence-electron chi connectivity index (χ1n) is 8.82. The molecule has 10 heteroatoms. The predicted octanol–water partition coefficient (Wildman–Crippen LogP) is 3.26. The highest BCUT2D eigenvalue weighted by atomic mass is 16.6. The van der Waals surface area contributed by atoms with Gasteiger partial charge in [0.1, 0.15) is 11.6 Å². The van der Waals surface area contributed by atoms with Gasteiger partial charge in [0, 0.05) is 23.7 Å². The fourth-order valence-corrected chi connectivity index (χ4v) is 2.78. The lowest BCUT2D eigenvalue weighted by molar-refractivity contribution is -0.385. The molecule has 1 aliphatic rings. The maximum absolute atomic E-state index is 12.5. The van der Waals surface area contributed by atoms with Crippen molar-refractivity contribution in [3.63, 3.8) is 0 Å². The molecule has 28 heavy (non-hydrogen) atoms. The van der Waals surface area contributed by atoms with Crippen LogP contribution in [0.15, 0.2) is 22.7 Å². The summed E-state index contributed by atoms with van der Waals surface area (Å²) in [5, 5.41) is 15.1. The highest BCUT2D eigenvalue weighted by Crippen LogP contribution is 2.29.